The summed E-state index contributed by atoms with van der Waals surface area (Å²) in [4.78, 5) is 41.4. The quantitative estimate of drug-likeness (QED) is 0.757. The summed E-state index contributed by atoms with van der Waals surface area (Å²) in [5, 5.41) is 0.255. The lowest BCUT2D eigenvalue weighted by atomic mass is 10.1. The number of halogens is 1. The van der Waals surface area contributed by atoms with Gasteiger partial charge >= 0.3 is 5.97 Å². The zero-order chi connectivity index (χ0) is 18.4. The Labute approximate surface area is 147 Å². The number of benzene rings is 2. The molecular formula is C16H10ClNO6S. The Bertz CT molecular complexity index is 996. The molecule has 0 saturated heterocycles. The van der Waals surface area contributed by atoms with Gasteiger partial charge in [0, 0.05) is 6.26 Å². The fourth-order valence-corrected chi connectivity index (χ4v) is 3.12. The van der Waals surface area contributed by atoms with Gasteiger partial charge in [-0.3, -0.25) is 9.59 Å². The molecule has 2 amide bonds. The van der Waals surface area contributed by atoms with Crippen LogP contribution in [0.25, 0.3) is 0 Å². The predicted molar refractivity (Wildman–Crippen MR) is 86.9 cm³/mol. The highest BCUT2D eigenvalue weighted by molar-refractivity contribution is 7.90. The molecule has 9 heteroatoms. The molecule has 0 fully saturated rings. The van der Waals surface area contributed by atoms with E-state index in [1.165, 1.54) is 24.3 Å². The minimum atomic E-state index is -3.58. The van der Waals surface area contributed by atoms with Crippen molar-refractivity contribution in [1.29, 1.82) is 0 Å². The van der Waals surface area contributed by atoms with Crippen molar-refractivity contribution in [2.75, 3.05) is 6.26 Å². The van der Waals surface area contributed by atoms with Crippen molar-refractivity contribution < 1.29 is 27.6 Å². The number of fused-ring (bicyclic) bond motifs is 1. The first-order valence-electron chi connectivity index (χ1n) is 6.90. The van der Waals surface area contributed by atoms with Gasteiger partial charge in [0.1, 0.15) is 0 Å². The van der Waals surface area contributed by atoms with Gasteiger partial charge < -0.3 is 4.84 Å². The minimum absolute atomic E-state index is 0.0750. The summed E-state index contributed by atoms with van der Waals surface area (Å²) in [6.07, 6.45) is 0.968. The van der Waals surface area contributed by atoms with Gasteiger partial charge in [-0.1, -0.05) is 28.8 Å². The van der Waals surface area contributed by atoms with Crippen LogP contribution in [0.3, 0.4) is 0 Å². The second kappa shape index (κ2) is 5.98. The maximum atomic E-state index is 12.3. The van der Waals surface area contributed by atoms with Crippen molar-refractivity contribution in [2.24, 2.45) is 0 Å². The van der Waals surface area contributed by atoms with Crippen molar-refractivity contribution in [1.82, 2.24) is 5.06 Å². The average Bonchev–Trinajstić information content (AvgIpc) is 2.79. The van der Waals surface area contributed by atoms with Gasteiger partial charge in [0.25, 0.3) is 11.8 Å². The summed E-state index contributed by atoms with van der Waals surface area (Å²) in [6.45, 7) is 0. The van der Waals surface area contributed by atoms with E-state index < -0.39 is 27.6 Å². The van der Waals surface area contributed by atoms with Crippen molar-refractivity contribution in [3.63, 3.8) is 0 Å². The SMILES string of the molecule is CS(=O)(=O)c1ccc(Cl)c(C(=O)ON2C(=O)c3ccccc3C2=O)c1. The van der Waals surface area contributed by atoms with Crippen LogP contribution in [0.2, 0.25) is 5.02 Å². The molecule has 2 aromatic carbocycles. The third-order valence-corrected chi connectivity index (χ3v) is 4.96. The van der Waals surface area contributed by atoms with Gasteiger partial charge in [-0.15, -0.1) is 0 Å². The molecule has 0 saturated carbocycles. The molecule has 0 atom stereocenters. The number of imide groups is 1. The van der Waals surface area contributed by atoms with Crippen LogP contribution in [0.5, 0.6) is 0 Å². The van der Waals surface area contributed by atoms with Gasteiger partial charge in [-0.05, 0) is 30.3 Å². The lowest BCUT2D eigenvalue weighted by Crippen LogP contribution is -2.32. The highest BCUT2D eigenvalue weighted by Gasteiger charge is 2.39. The predicted octanol–water partition coefficient (Wildman–Crippen LogP) is 2.11. The van der Waals surface area contributed by atoms with E-state index in [1.807, 2.05) is 0 Å². The maximum Gasteiger partial charge on any atom is 0.365 e. The molecule has 1 heterocycles. The summed E-state index contributed by atoms with van der Waals surface area (Å²) >= 11 is 5.90. The first-order chi connectivity index (χ1) is 11.7. The van der Waals surface area contributed by atoms with Crippen molar-refractivity contribution >= 4 is 39.2 Å². The number of amides is 2. The number of rotatable bonds is 3. The third-order valence-electron chi connectivity index (χ3n) is 3.52. The molecule has 0 N–H and O–H groups in total. The monoisotopic (exact) mass is 379 g/mol. The Kier molecular flexibility index (Phi) is 4.09. The fraction of sp³-hybridized carbons (Fsp3) is 0.0625. The number of carbonyl (C=O) groups is 3. The second-order valence-electron chi connectivity index (χ2n) is 5.24. The molecule has 128 valence electrons. The standard InChI is InChI=1S/C16H10ClNO6S/c1-25(22,23)9-6-7-13(17)12(8-9)16(21)24-18-14(19)10-4-2-3-5-11(10)15(18)20/h2-8H,1H3. The van der Waals surface area contributed by atoms with Gasteiger partial charge in [-0.25, -0.2) is 13.2 Å². The Morgan fingerprint density at radius 1 is 1.04 bits per heavy atom. The molecule has 25 heavy (non-hydrogen) atoms. The average molecular weight is 380 g/mol. The van der Waals surface area contributed by atoms with Crippen LogP contribution >= 0.6 is 11.6 Å². The lowest BCUT2D eigenvalue weighted by molar-refractivity contribution is -0.0584. The normalized spacial score (nSPS) is 13.8. The number of sulfone groups is 1. The number of hydroxylamine groups is 2. The zero-order valence-electron chi connectivity index (χ0n) is 12.7. The van der Waals surface area contributed by atoms with Crippen LogP contribution in [0, 0.1) is 0 Å². The topological polar surface area (TPSA) is 97.8 Å². The fourth-order valence-electron chi connectivity index (χ4n) is 2.27. The first-order valence-corrected chi connectivity index (χ1v) is 9.17. The summed E-state index contributed by atoms with van der Waals surface area (Å²) in [5.74, 6) is -2.70. The smallest absolute Gasteiger partial charge is 0.324 e. The molecule has 0 spiro atoms. The third kappa shape index (κ3) is 3.01. The maximum absolute atomic E-state index is 12.3. The molecule has 0 aromatic heterocycles. The molecule has 0 unspecified atom stereocenters. The van der Waals surface area contributed by atoms with E-state index in [1.54, 1.807) is 12.1 Å². The molecule has 3 rings (SSSR count). The van der Waals surface area contributed by atoms with E-state index in [4.69, 9.17) is 16.4 Å². The largest absolute Gasteiger partial charge is 0.365 e. The molecule has 7 nitrogen and oxygen atoms in total. The van der Waals surface area contributed by atoms with Crippen LogP contribution in [-0.4, -0.2) is 37.5 Å². The molecule has 2 aromatic rings. The van der Waals surface area contributed by atoms with Gasteiger partial charge in [0.15, 0.2) is 9.84 Å². The molecule has 0 aliphatic carbocycles. The van der Waals surface area contributed by atoms with Crippen molar-refractivity contribution in [3.05, 3.63) is 64.2 Å². The Balaban J connectivity index is 1.92. The van der Waals surface area contributed by atoms with Crippen molar-refractivity contribution in [3.8, 4) is 0 Å². The molecule has 0 bridgehead atoms. The van der Waals surface area contributed by atoms with Crippen LogP contribution < -0.4 is 0 Å². The van der Waals surface area contributed by atoms with Crippen LogP contribution in [0.15, 0.2) is 47.4 Å². The van der Waals surface area contributed by atoms with E-state index in [0.717, 1.165) is 12.3 Å². The summed E-state index contributed by atoms with van der Waals surface area (Å²) in [6, 6.07) is 9.48. The van der Waals surface area contributed by atoms with Crippen molar-refractivity contribution in [2.45, 2.75) is 4.90 Å². The molecular weight excluding hydrogens is 370 g/mol. The number of nitrogens with zero attached hydrogens (tertiary/aromatic N) is 1. The summed E-state index contributed by atoms with van der Waals surface area (Å²) in [5.41, 5.74) is -0.0614. The van der Waals surface area contributed by atoms with E-state index in [0.29, 0.717) is 5.06 Å². The Morgan fingerprint density at radius 2 is 1.60 bits per heavy atom. The van der Waals surface area contributed by atoms with E-state index in [9.17, 15) is 22.8 Å². The summed E-state index contributed by atoms with van der Waals surface area (Å²) in [7, 11) is -3.58. The minimum Gasteiger partial charge on any atom is -0.324 e. The Hall–Kier alpha value is -2.71. The second-order valence-corrected chi connectivity index (χ2v) is 7.67. The van der Waals surface area contributed by atoms with Crippen LogP contribution in [0.1, 0.15) is 31.1 Å². The van der Waals surface area contributed by atoms with Crippen LogP contribution in [0.4, 0.5) is 0 Å². The number of hydrogen-bond acceptors (Lipinski definition) is 6. The van der Waals surface area contributed by atoms with Gasteiger partial charge in [0.2, 0.25) is 0 Å². The number of carbonyl (C=O) groups excluding carboxylic acids is 3. The zero-order valence-corrected chi connectivity index (χ0v) is 14.3. The highest BCUT2D eigenvalue weighted by atomic mass is 35.5. The molecule has 0 radical (unpaired) electrons. The molecule has 1 aliphatic rings. The van der Waals surface area contributed by atoms with E-state index in [-0.39, 0.29) is 26.6 Å². The Morgan fingerprint density at radius 3 is 2.12 bits per heavy atom. The molecule has 1 aliphatic heterocycles. The van der Waals surface area contributed by atoms with E-state index in [2.05, 4.69) is 0 Å². The van der Waals surface area contributed by atoms with Gasteiger partial charge in [0.05, 0.1) is 26.6 Å². The number of hydrogen-bond donors (Lipinski definition) is 0. The first kappa shape index (κ1) is 17.1. The van der Waals surface area contributed by atoms with Gasteiger partial charge in [-0.2, -0.15) is 0 Å². The van der Waals surface area contributed by atoms with Crippen LogP contribution in [-0.2, 0) is 14.7 Å². The highest BCUT2D eigenvalue weighted by Crippen LogP contribution is 2.26. The lowest BCUT2D eigenvalue weighted by Gasteiger charge is -2.13. The van der Waals surface area contributed by atoms with E-state index >= 15 is 0 Å². The summed E-state index contributed by atoms with van der Waals surface area (Å²) < 4.78 is 23.2.